The molecule has 2 amide bonds. The summed E-state index contributed by atoms with van der Waals surface area (Å²) in [5.74, 6) is -0.0213. The molecule has 1 aromatic carbocycles. The molecule has 1 rings (SSSR count). The zero-order valence-electron chi connectivity index (χ0n) is 12.3. The topological polar surface area (TPSA) is 58.6 Å². The first kappa shape index (κ1) is 16.0. The number of amides is 2. The lowest BCUT2D eigenvalue weighted by molar-refractivity contribution is -0.130. The van der Waals surface area contributed by atoms with Gasteiger partial charge in [0.05, 0.1) is 12.6 Å². The van der Waals surface area contributed by atoms with Crippen LogP contribution in [0.15, 0.2) is 30.3 Å². The Balaban J connectivity index is 2.57. The van der Waals surface area contributed by atoms with Gasteiger partial charge in [0.25, 0.3) is 0 Å². The van der Waals surface area contributed by atoms with E-state index in [1.54, 1.807) is 11.8 Å². The lowest BCUT2D eigenvalue weighted by Gasteiger charge is -2.28. The highest BCUT2D eigenvalue weighted by Crippen LogP contribution is 2.19. The Hall–Kier alpha value is -2.04. The molecule has 0 aromatic heterocycles. The largest absolute Gasteiger partial charge is 0.450 e. The minimum atomic E-state index is -0.455. The predicted octanol–water partition coefficient (Wildman–Crippen LogP) is 2.34. The van der Waals surface area contributed by atoms with Crippen molar-refractivity contribution in [2.24, 2.45) is 0 Å². The SMILES string of the molecule is CCOC(=O)NCCN(C(C)=O)C(C)c1ccccc1. The molecule has 0 saturated heterocycles. The van der Waals surface area contributed by atoms with E-state index in [2.05, 4.69) is 5.32 Å². The van der Waals surface area contributed by atoms with E-state index in [1.807, 2.05) is 37.3 Å². The van der Waals surface area contributed by atoms with Gasteiger partial charge in [-0.2, -0.15) is 0 Å². The van der Waals surface area contributed by atoms with Crippen molar-refractivity contribution in [3.05, 3.63) is 35.9 Å². The Morgan fingerprint density at radius 1 is 1.30 bits per heavy atom. The molecule has 110 valence electrons. The average molecular weight is 278 g/mol. The zero-order chi connectivity index (χ0) is 15.0. The van der Waals surface area contributed by atoms with Crippen LogP contribution < -0.4 is 5.32 Å². The van der Waals surface area contributed by atoms with E-state index >= 15 is 0 Å². The van der Waals surface area contributed by atoms with Crippen molar-refractivity contribution in [1.82, 2.24) is 10.2 Å². The van der Waals surface area contributed by atoms with Gasteiger partial charge >= 0.3 is 6.09 Å². The van der Waals surface area contributed by atoms with E-state index in [1.165, 1.54) is 6.92 Å². The summed E-state index contributed by atoms with van der Waals surface area (Å²) in [7, 11) is 0. The molecule has 1 aromatic rings. The number of nitrogens with one attached hydrogen (secondary N) is 1. The fraction of sp³-hybridized carbons (Fsp3) is 0.467. The van der Waals surface area contributed by atoms with E-state index in [4.69, 9.17) is 4.74 Å². The maximum Gasteiger partial charge on any atom is 0.407 e. The smallest absolute Gasteiger partial charge is 0.407 e. The van der Waals surface area contributed by atoms with Crippen LogP contribution >= 0.6 is 0 Å². The second kappa shape index (κ2) is 8.19. The third-order valence-corrected chi connectivity index (χ3v) is 3.05. The number of nitrogens with zero attached hydrogens (tertiary/aromatic N) is 1. The standard InChI is InChI=1S/C15H22N2O3/c1-4-20-15(19)16-10-11-17(13(3)18)12(2)14-8-6-5-7-9-14/h5-9,12H,4,10-11H2,1-3H3,(H,16,19). The molecule has 0 fully saturated rings. The molecule has 0 aliphatic rings. The zero-order valence-corrected chi connectivity index (χ0v) is 12.3. The molecule has 1 N–H and O–H groups in total. The van der Waals surface area contributed by atoms with Crippen molar-refractivity contribution >= 4 is 12.0 Å². The Morgan fingerprint density at radius 2 is 1.95 bits per heavy atom. The minimum absolute atomic E-state index is 0.0213. The maximum atomic E-state index is 11.7. The van der Waals surface area contributed by atoms with Gasteiger partial charge in [-0.3, -0.25) is 4.79 Å². The van der Waals surface area contributed by atoms with Crippen molar-refractivity contribution in [2.45, 2.75) is 26.8 Å². The number of carbonyl (C=O) groups excluding carboxylic acids is 2. The minimum Gasteiger partial charge on any atom is -0.450 e. The molecule has 1 unspecified atom stereocenters. The molecule has 20 heavy (non-hydrogen) atoms. The molecule has 0 radical (unpaired) electrons. The maximum absolute atomic E-state index is 11.7. The van der Waals surface area contributed by atoms with E-state index in [-0.39, 0.29) is 11.9 Å². The van der Waals surface area contributed by atoms with Gasteiger partial charge in [0.2, 0.25) is 5.91 Å². The Morgan fingerprint density at radius 3 is 2.50 bits per heavy atom. The van der Waals surface area contributed by atoms with Gasteiger partial charge in [-0.15, -0.1) is 0 Å². The Bertz CT molecular complexity index is 434. The van der Waals surface area contributed by atoms with Crippen LogP contribution in [-0.4, -0.2) is 36.6 Å². The highest BCUT2D eigenvalue weighted by atomic mass is 16.5. The van der Waals surface area contributed by atoms with Crippen molar-refractivity contribution in [1.29, 1.82) is 0 Å². The first-order chi connectivity index (χ1) is 9.56. The molecular weight excluding hydrogens is 256 g/mol. The lowest BCUT2D eigenvalue weighted by atomic mass is 10.1. The number of carbonyl (C=O) groups is 2. The summed E-state index contributed by atoms with van der Waals surface area (Å²) in [6.07, 6.45) is -0.455. The monoisotopic (exact) mass is 278 g/mol. The summed E-state index contributed by atoms with van der Waals surface area (Å²) in [4.78, 5) is 24.7. The van der Waals surface area contributed by atoms with Crippen LogP contribution in [-0.2, 0) is 9.53 Å². The average Bonchev–Trinajstić information content (AvgIpc) is 2.44. The van der Waals surface area contributed by atoms with Crippen molar-refractivity contribution < 1.29 is 14.3 Å². The normalized spacial score (nSPS) is 11.6. The second-order valence-corrected chi connectivity index (χ2v) is 4.45. The third-order valence-electron chi connectivity index (χ3n) is 3.05. The van der Waals surface area contributed by atoms with Crippen molar-refractivity contribution in [3.8, 4) is 0 Å². The van der Waals surface area contributed by atoms with Crippen LogP contribution in [0, 0.1) is 0 Å². The summed E-state index contributed by atoms with van der Waals surface area (Å²) >= 11 is 0. The first-order valence-corrected chi connectivity index (χ1v) is 6.79. The first-order valence-electron chi connectivity index (χ1n) is 6.79. The quantitative estimate of drug-likeness (QED) is 0.869. The summed E-state index contributed by atoms with van der Waals surface area (Å²) in [5, 5.41) is 2.62. The van der Waals surface area contributed by atoms with Crippen LogP contribution in [0.25, 0.3) is 0 Å². The number of hydrogen-bond donors (Lipinski definition) is 1. The van der Waals surface area contributed by atoms with Crippen LogP contribution in [0.3, 0.4) is 0 Å². The number of rotatable bonds is 6. The molecular formula is C15H22N2O3. The van der Waals surface area contributed by atoms with E-state index < -0.39 is 6.09 Å². The molecule has 0 bridgehead atoms. The van der Waals surface area contributed by atoms with Gasteiger partial charge in [-0.25, -0.2) is 4.79 Å². The number of hydrogen-bond acceptors (Lipinski definition) is 3. The van der Waals surface area contributed by atoms with Crippen LogP contribution in [0.5, 0.6) is 0 Å². The van der Waals surface area contributed by atoms with Gasteiger partial charge in [0, 0.05) is 20.0 Å². The molecule has 5 heteroatoms. The Labute approximate surface area is 119 Å². The van der Waals surface area contributed by atoms with Crippen molar-refractivity contribution in [2.75, 3.05) is 19.7 Å². The molecule has 5 nitrogen and oxygen atoms in total. The summed E-state index contributed by atoms with van der Waals surface area (Å²) in [6, 6.07) is 9.77. The lowest BCUT2D eigenvalue weighted by Crippen LogP contribution is -2.39. The number of alkyl carbamates (subject to hydrolysis) is 1. The van der Waals surface area contributed by atoms with Crippen LogP contribution in [0.2, 0.25) is 0 Å². The molecule has 0 heterocycles. The summed E-state index contributed by atoms with van der Waals surface area (Å²) < 4.78 is 4.78. The molecule has 1 atom stereocenters. The van der Waals surface area contributed by atoms with Gasteiger partial charge in [-0.1, -0.05) is 30.3 Å². The van der Waals surface area contributed by atoms with E-state index in [0.29, 0.717) is 19.7 Å². The summed E-state index contributed by atoms with van der Waals surface area (Å²) in [5.41, 5.74) is 1.07. The van der Waals surface area contributed by atoms with Crippen LogP contribution in [0.1, 0.15) is 32.4 Å². The second-order valence-electron chi connectivity index (χ2n) is 4.45. The third kappa shape index (κ3) is 4.91. The van der Waals surface area contributed by atoms with E-state index in [0.717, 1.165) is 5.56 Å². The molecule has 0 spiro atoms. The number of ether oxygens (including phenoxy) is 1. The highest BCUT2D eigenvalue weighted by Gasteiger charge is 2.18. The number of benzene rings is 1. The summed E-state index contributed by atoms with van der Waals surface area (Å²) in [6.45, 7) is 6.41. The highest BCUT2D eigenvalue weighted by molar-refractivity contribution is 5.74. The Kier molecular flexibility index (Phi) is 6.56. The van der Waals surface area contributed by atoms with Gasteiger partial charge < -0.3 is 15.0 Å². The molecule has 0 aliphatic heterocycles. The van der Waals surface area contributed by atoms with E-state index in [9.17, 15) is 9.59 Å². The molecule has 0 saturated carbocycles. The fourth-order valence-corrected chi connectivity index (χ4v) is 2.00. The van der Waals surface area contributed by atoms with Gasteiger partial charge in [-0.05, 0) is 19.4 Å². The van der Waals surface area contributed by atoms with Gasteiger partial charge in [0.1, 0.15) is 0 Å². The van der Waals surface area contributed by atoms with Crippen LogP contribution in [0.4, 0.5) is 4.79 Å². The van der Waals surface area contributed by atoms with Gasteiger partial charge in [0.15, 0.2) is 0 Å². The molecule has 0 aliphatic carbocycles. The predicted molar refractivity (Wildman–Crippen MR) is 77.3 cm³/mol. The van der Waals surface area contributed by atoms with Crippen molar-refractivity contribution in [3.63, 3.8) is 0 Å². The fourth-order valence-electron chi connectivity index (χ4n) is 2.00.